The van der Waals surface area contributed by atoms with E-state index in [-0.39, 0.29) is 18.1 Å². The van der Waals surface area contributed by atoms with Crippen LogP contribution in [0.1, 0.15) is 25.3 Å². The molecule has 1 fully saturated rings. The van der Waals surface area contributed by atoms with Crippen LogP contribution in [0, 0.1) is 0 Å². The molecule has 4 heterocycles. The van der Waals surface area contributed by atoms with Crippen LogP contribution in [-0.2, 0) is 19.6 Å². The van der Waals surface area contributed by atoms with Crippen molar-refractivity contribution in [2.75, 3.05) is 23.3 Å². The fourth-order valence-corrected chi connectivity index (χ4v) is 4.39. The van der Waals surface area contributed by atoms with Gasteiger partial charge < -0.3 is 20.5 Å². The Balaban J connectivity index is 1.51. The average molecular weight is 433 g/mol. The van der Waals surface area contributed by atoms with Crippen molar-refractivity contribution in [1.29, 1.82) is 0 Å². The lowest BCUT2D eigenvalue weighted by molar-refractivity contribution is 0.495. The summed E-state index contributed by atoms with van der Waals surface area (Å²) in [6.07, 6.45) is 7.72. The number of aliphatic imine (C=N–C) groups is 1. The van der Waals surface area contributed by atoms with Crippen molar-refractivity contribution in [3.8, 4) is 0 Å². The van der Waals surface area contributed by atoms with E-state index in [1.165, 1.54) is 4.68 Å². The zero-order chi connectivity index (χ0) is 22.1. The SMILES string of the molecule is CC=CCn1c(N2CCCC(N)C2)nc2cnn(CC3=NCc4ccccc4N3)c(=O)c21. The van der Waals surface area contributed by atoms with Gasteiger partial charge in [-0.05, 0) is 31.4 Å². The standard InChI is InChI=1S/C23H28N8O/c1-2-3-11-30-21-19(28-23(30)29-10-6-8-17(24)14-29)13-26-31(22(21)32)15-20-25-12-16-7-4-5-9-18(16)27-20/h2-5,7,9,13,17H,6,8,10-12,14-15,24H2,1H3,(H,25,27). The fourth-order valence-electron chi connectivity index (χ4n) is 4.39. The predicted octanol–water partition coefficient (Wildman–Crippen LogP) is 2.12. The number of aromatic nitrogens is 4. The van der Waals surface area contributed by atoms with Crippen LogP contribution in [0.4, 0.5) is 11.6 Å². The highest BCUT2D eigenvalue weighted by molar-refractivity contribution is 5.97. The maximum absolute atomic E-state index is 13.5. The maximum Gasteiger partial charge on any atom is 0.293 e. The quantitative estimate of drug-likeness (QED) is 0.598. The van der Waals surface area contributed by atoms with Gasteiger partial charge in [-0.2, -0.15) is 5.10 Å². The normalized spacial score (nSPS) is 18.6. The van der Waals surface area contributed by atoms with E-state index in [1.807, 2.05) is 47.9 Å². The number of benzene rings is 1. The third kappa shape index (κ3) is 3.80. The molecule has 9 heteroatoms. The number of imidazole rings is 1. The molecule has 1 atom stereocenters. The molecule has 2 aliphatic heterocycles. The average Bonchev–Trinajstić information content (AvgIpc) is 3.19. The van der Waals surface area contributed by atoms with Gasteiger partial charge >= 0.3 is 0 Å². The van der Waals surface area contributed by atoms with Crippen LogP contribution in [0.3, 0.4) is 0 Å². The van der Waals surface area contributed by atoms with Crippen molar-refractivity contribution in [3.05, 3.63) is 58.5 Å². The molecule has 0 radical (unpaired) electrons. The lowest BCUT2D eigenvalue weighted by Crippen LogP contribution is -2.44. The second-order valence-corrected chi connectivity index (χ2v) is 8.33. The Morgan fingerprint density at radius 3 is 3.03 bits per heavy atom. The molecule has 0 saturated carbocycles. The third-order valence-corrected chi connectivity index (χ3v) is 6.03. The lowest BCUT2D eigenvalue weighted by atomic mass is 10.1. The minimum atomic E-state index is -0.171. The Morgan fingerprint density at radius 1 is 1.31 bits per heavy atom. The van der Waals surface area contributed by atoms with Crippen LogP contribution in [-0.4, -0.2) is 44.3 Å². The molecule has 9 nitrogen and oxygen atoms in total. The van der Waals surface area contributed by atoms with Crippen molar-refractivity contribution in [1.82, 2.24) is 19.3 Å². The summed E-state index contributed by atoms with van der Waals surface area (Å²) < 4.78 is 3.45. The number of nitrogens with one attached hydrogen (secondary N) is 1. The molecule has 0 aliphatic carbocycles. The first-order chi connectivity index (χ1) is 15.6. The first-order valence-corrected chi connectivity index (χ1v) is 11.1. The number of hydrogen-bond donors (Lipinski definition) is 2. The van der Waals surface area contributed by atoms with Crippen molar-refractivity contribution in [3.63, 3.8) is 0 Å². The summed E-state index contributed by atoms with van der Waals surface area (Å²) in [5.74, 6) is 1.51. The fraction of sp³-hybridized carbons (Fsp3) is 0.391. The summed E-state index contributed by atoms with van der Waals surface area (Å²) in [5.41, 5.74) is 9.36. The molecule has 2 aromatic heterocycles. The molecular weight excluding hydrogens is 404 g/mol. The highest BCUT2D eigenvalue weighted by Gasteiger charge is 2.24. The Bertz CT molecular complexity index is 1250. The smallest absolute Gasteiger partial charge is 0.293 e. The number of anilines is 2. The minimum absolute atomic E-state index is 0.117. The van der Waals surface area contributed by atoms with Crippen LogP contribution in [0.15, 0.2) is 52.4 Å². The van der Waals surface area contributed by atoms with Gasteiger partial charge in [-0.1, -0.05) is 30.4 Å². The van der Waals surface area contributed by atoms with E-state index < -0.39 is 0 Å². The highest BCUT2D eigenvalue weighted by atomic mass is 16.1. The number of para-hydroxylation sites is 1. The Hall–Kier alpha value is -3.46. The van der Waals surface area contributed by atoms with Crippen LogP contribution in [0.2, 0.25) is 0 Å². The predicted molar refractivity (Wildman–Crippen MR) is 127 cm³/mol. The largest absolute Gasteiger partial charge is 0.342 e. The van der Waals surface area contributed by atoms with Crippen molar-refractivity contribution in [2.45, 2.75) is 45.4 Å². The van der Waals surface area contributed by atoms with Crippen molar-refractivity contribution < 1.29 is 0 Å². The highest BCUT2D eigenvalue weighted by Crippen LogP contribution is 2.24. The second kappa shape index (κ2) is 8.58. The molecule has 0 amide bonds. The number of nitrogens with two attached hydrogens (primary N) is 1. The molecule has 1 unspecified atom stereocenters. The zero-order valence-corrected chi connectivity index (χ0v) is 18.2. The van der Waals surface area contributed by atoms with E-state index in [0.717, 1.165) is 49.0 Å². The molecule has 32 heavy (non-hydrogen) atoms. The summed E-state index contributed by atoms with van der Waals surface area (Å²) in [7, 11) is 0. The summed E-state index contributed by atoms with van der Waals surface area (Å²) in [6, 6.07) is 8.17. The van der Waals surface area contributed by atoms with Gasteiger partial charge in [0.15, 0.2) is 0 Å². The van der Waals surface area contributed by atoms with E-state index in [4.69, 9.17) is 10.7 Å². The second-order valence-electron chi connectivity index (χ2n) is 8.33. The van der Waals surface area contributed by atoms with Gasteiger partial charge in [0.1, 0.15) is 23.4 Å². The van der Waals surface area contributed by atoms with Crippen molar-refractivity contribution in [2.24, 2.45) is 10.7 Å². The number of allylic oxidation sites excluding steroid dienone is 2. The van der Waals surface area contributed by atoms with E-state index in [2.05, 4.69) is 20.3 Å². The van der Waals surface area contributed by atoms with Crippen LogP contribution < -0.4 is 21.5 Å². The zero-order valence-electron chi connectivity index (χ0n) is 18.2. The van der Waals surface area contributed by atoms with E-state index in [1.54, 1.807) is 6.20 Å². The number of rotatable bonds is 5. The van der Waals surface area contributed by atoms with Gasteiger partial charge in [0.2, 0.25) is 5.95 Å². The molecule has 0 spiro atoms. The molecule has 1 aromatic carbocycles. The number of nitrogens with zero attached hydrogens (tertiary/aromatic N) is 6. The molecule has 5 rings (SSSR count). The van der Waals surface area contributed by atoms with Crippen LogP contribution in [0.25, 0.3) is 11.0 Å². The Morgan fingerprint density at radius 2 is 2.19 bits per heavy atom. The number of hydrogen-bond acceptors (Lipinski definition) is 7. The van der Waals surface area contributed by atoms with Crippen LogP contribution >= 0.6 is 0 Å². The van der Waals surface area contributed by atoms with Gasteiger partial charge in [-0.25, -0.2) is 9.67 Å². The van der Waals surface area contributed by atoms with Gasteiger partial charge in [0, 0.05) is 31.4 Å². The van der Waals surface area contributed by atoms with Gasteiger partial charge in [-0.3, -0.25) is 9.79 Å². The molecule has 1 saturated heterocycles. The lowest BCUT2D eigenvalue weighted by Gasteiger charge is -2.31. The third-order valence-electron chi connectivity index (χ3n) is 6.03. The Kier molecular flexibility index (Phi) is 5.48. The van der Waals surface area contributed by atoms with E-state index in [9.17, 15) is 4.79 Å². The Labute approximate surface area is 186 Å². The van der Waals surface area contributed by atoms with Crippen molar-refractivity contribution >= 4 is 28.5 Å². The first-order valence-electron chi connectivity index (χ1n) is 11.1. The number of fused-ring (bicyclic) bond motifs is 2. The maximum atomic E-state index is 13.5. The minimum Gasteiger partial charge on any atom is -0.342 e. The van der Waals surface area contributed by atoms with Gasteiger partial charge in [0.25, 0.3) is 5.56 Å². The molecular formula is C23H28N8O. The number of amidine groups is 1. The molecule has 2 aliphatic rings. The molecule has 166 valence electrons. The monoisotopic (exact) mass is 432 g/mol. The summed E-state index contributed by atoms with van der Waals surface area (Å²) in [5, 5.41) is 7.72. The van der Waals surface area contributed by atoms with Gasteiger partial charge in [0.05, 0.1) is 12.7 Å². The molecule has 3 aromatic rings. The summed E-state index contributed by atoms with van der Waals surface area (Å²) in [4.78, 5) is 25.0. The molecule has 0 bridgehead atoms. The van der Waals surface area contributed by atoms with Gasteiger partial charge in [-0.15, -0.1) is 0 Å². The van der Waals surface area contributed by atoms with E-state index >= 15 is 0 Å². The van der Waals surface area contributed by atoms with E-state index in [0.29, 0.717) is 24.1 Å². The summed E-state index contributed by atoms with van der Waals surface area (Å²) >= 11 is 0. The summed E-state index contributed by atoms with van der Waals surface area (Å²) in [6.45, 7) is 5.03. The number of piperidine rings is 1. The topological polar surface area (TPSA) is 106 Å². The molecule has 3 N–H and O–H groups in total. The first kappa shape index (κ1) is 20.4. The van der Waals surface area contributed by atoms with Crippen LogP contribution in [0.5, 0.6) is 0 Å².